The van der Waals surface area contributed by atoms with Gasteiger partial charge in [-0.15, -0.1) is 0 Å². The van der Waals surface area contributed by atoms with Crippen molar-refractivity contribution in [2.24, 2.45) is 0 Å². The first kappa shape index (κ1) is 32.9. The molecule has 0 spiro atoms. The Balaban J connectivity index is 1.80. The number of anilines is 1. The smallest absolute Gasteiger partial charge is 0.416 e. The molecule has 0 heterocycles. The van der Waals surface area contributed by atoms with Gasteiger partial charge in [0.2, 0.25) is 11.6 Å². The fraction of sp³-hybridized carbons (Fsp3) is 0.257. The van der Waals surface area contributed by atoms with Crippen LogP contribution in [0.5, 0.6) is 11.5 Å². The third-order valence-corrected chi connectivity index (χ3v) is 7.49. The van der Waals surface area contributed by atoms with Gasteiger partial charge in [0, 0.05) is 30.9 Å². The van der Waals surface area contributed by atoms with Crippen LogP contribution < -0.4 is 25.0 Å². The lowest BCUT2D eigenvalue weighted by atomic mass is 9.93. The van der Waals surface area contributed by atoms with Gasteiger partial charge in [-0.25, -0.2) is 0 Å². The van der Waals surface area contributed by atoms with E-state index in [1.54, 1.807) is 47.4 Å². The maximum atomic E-state index is 14.1. The van der Waals surface area contributed by atoms with Crippen molar-refractivity contribution in [1.82, 2.24) is 10.6 Å². The SMILES string of the molecule is CNC(=O)[C@](NC(=O)Cc1ccccc1)(c1ccccc1)N(CCCc1ccc(C(F)(F)F)cc1)c1ccc(OC)c(OC)c1. The first-order valence-electron chi connectivity index (χ1n) is 14.4. The monoisotopic (exact) mass is 619 g/mol. The van der Waals surface area contributed by atoms with Crippen molar-refractivity contribution in [2.45, 2.75) is 31.1 Å². The fourth-order valence-electron chi connectivity index (χ4n) is 5.28. The number of nitrogens with one attached hydrogen (secondary N) is 2. The van der Waals surface area contributed by atoms with Gasteiger partial charge in [-0.2, -0.15) is 13.2 Å². The van der Waals surface area contributed by atoms with E-state index in [-0.39, 0.29) is 18.9 Å². The second-order valence-electron chi connectivity index (χ2n) is 10.4. The Morgan fingerprint density at radius 3 is 1.96 bits per heavy atom. The highest BCUT2D eigenvalue weighted by Crippen LogP contribution is 2.38. The van der Waals surface area contributed by atoms with E-state index in [4.69, 9.17) is 9.47 Å². The van der Waals surface area contributed by atoms with Crippen LogP contribution in [0.15, 0.2) is 103 Å². The van der Waals surface area contributed by atoms with Crippen LogP contribution in [0, 0.1) is 0 Å². The predicted octanol–water partition coefficient (Wildman–Crippen LogP) is 6.12. The third kappa shape index (κ3) is 7.75. The molecule has 4 aromatic rings. The van der Waals surface area contributed by atoms with Crippen LogP contribution in [0.3, 0.4) is 0 Å². The summed E-state index contributed by atoms with van der Waals surface area (Å²) in [4.78, 5) is 29.7. The number of methoxy groups -OCH3 is 2. The average molecular weight is 620 g/mol. The van der Waals surface area contributed by atoms with Gasteiger partial charge >= 0.3 is 6.18 Å². The number of carbonyl (C=O) groups excluding carboxylic acids is 2. The number of ether oxygens (including phenoxy) is 2. The standard InChI is InChI=1S/C35H36F3N3O4/c1-39-33(43)34(27-14-8-5-9-15-27,40-32(42)23-26-11-6-4-7-12-26)41(29-20-21-30(44-2)31(24-29)45-3)22-10-13-25-16-18-28(19-17-25)35(36,37)38/h4-9,11-12,14-21,24H,10,13,22-23H2,1-3H3,(H,39,43)(H,40,42)/t34-/m0/s1. The largest absolute Gasteiger partial charge is 0.493 e. The Kier molecular flexibility index (Phi) is 10.7. The number of likely N-dealkylation sites (N-methyl/N-ethyl adjacent to an activating group) is 1. The number of hydrogen-bond acceptors (Lipinski definition) is 5. The van der Waals surface area contributed by atoms with Crippen LogP contribution in [-0.2, 0) is 34.3 Å². The number of aryl methyl sites for hydroxylation is 1. The molecule has 0 saturated carbocycles. The summed E-state index contributed by atoms with van der Waals surface area (Å²) >= 11 is 0. The summed E-state index contributed by atoms with van der Waals surface area (Å²) in [7, 11) is 4.52. The molecule has 0 radical (unpaired) electrons. The second-order valence-corrected chi connectivity index (χ2v) is 10.4. The molecule has 2 N–H and O–H groups in total. The average Bonchev–Trinajstić information content (AvgIpc) is 3.05. The maximum absolute atomic E-state index is 14.1. The third-order valence-electron chi connectivity index (χ3n) is 7.49. The zero-order chi connectivity index (χ0) is 32.5. The van der Waals surface area contributed by atoms with Crippen LogP contribution in [0.25, 0.3) is 0 Å². The van der Waals surface area contributed by atoms with E-state index in [0.717, 1.165) is 17.7 Å². The van der Waals surface area contributed by atoms with E-state index in [1.165, 1.54) is 33.4 Å². The molecule has 4 aromatic carbocycles. The Morgan fingerprint density at radius 2 is 1.38 bits per heavy atom. The minimum Gasteiger partial charge on any atom is -0.493 e. The number of nitrogens with zero attached hydrogens (tertiary/aromatic N) is 1. The number of hydrogen-bond donors (Lipinski definition) is 2. The lowest BCUT2D eigenvalue weighted by Gasteiger charge is -2.45. The molecule has 0 saturated heterocycles. The summed E-state index contributed by atoms with van der Waals surface area (Å²) in [6, 6.07) is 28.3. The molecule has 0 bridgehead atoms. The number of rotatable bonds is 13. The molecule has 0 fully saturated rings. The van der Waals surface area contributed by atoms with Crippen molar-refractivity contribution in [3.05, 3.63) is 125 Å². The quantitative estimate of drug-likeness (QED) is 0.176. The summed E-state index contributed by atoms with van der Waals surface area (Å²) in [6.45, 7) is 0.227. The molecule has 0 unspecified atom stereocenters. The lowest BCUT2D eigenvalue weighted by molar-refractivity contribution is -0.137. The van der Waals surface area contributed by atoms with Crippen molar-refractivity contribution < 1.29 is 32.2 Å². The van der Waals surface area contributed by atoms with Crippen LogP contribution >= 0.6 is 0 Å². The molecular weight excluding hydrogens is 583 g/mol. The summed E-state index contributed by atoms with van der Waals surface area (Å²) in [5, 5.41) is 5.81. The van der Waals surface area contributed by atoms with Gasteiger partial charge in [-0.1, -0.05) is 72.8 Å². The van der Waals surface area contributed by atoms with Crippen LogP contribution in [-0.4, -0.2) is 39.6 Å². The van der Waals surface area contributed by atoms with Crippen molar-refractivity contribution in [3.63, 3.8) is 0 Å². The lowest BCUT2D eigenvalue weighted by Crippen LogP contribution is -2.66. The Bertz CT molecular complexity index is 1570. The summed E-state index contributed by atoms with van der Waals surface area (Å²) < 4.78 is 50.4. The molecular formula is C35H36F3N3O4. The molecule has 1 atom stereocenters. The molecule has 10 heteroatoms. The van der Waals surface area contributed by atoms with Crippen LogP contribution in [0.1, 0.15) is 28.7 Å². The number of benzene rings is 4. The van der Waals surface area contributed by atoms with Crippen molar-refractivity contribution in [3.8, 4) is 11.5 Å². The molecule has 0 aliphatic carbocycles. The minimum atomic E-state index is -4.43. The van der Waals surface area contributed by atoms with Crippen molar-refractivity contribution in [2.75, 3.05) is 32.7 Å². The molecule has 0 aliphatic heterocycles. The van der Waals surface area contributed by atoms with Crippen molar-refractivity contribution >= 4 is 17.5 Å². The molecule has 236 valence electrons. The van der Waals surface area contributed by atoms with Crippen LogP contribution in [0.2, 0.25) is 0 Å². The highest BCUT2D eigenvalue weighted by atomic mass is 19.4. The summed E-state index contributed by atoms with van der Waals surface area (Å²) in [5.74, 6) is 0.0165. The Labute approximate surface area is 261 Å². The molecule has 0 aliphatic rings. The van der Waals surface area contributed by atoms with E-state index in [1.807, 2.05) is 36.4 Å². The van der Waals surface area contributed by atoms with Gasteiger partial charge in [0.25, 0.3) is 5.91 Å². The normalized spacial score (nSPS) is 12.5. The fourth-order valence-corrected chi connectivity index (χ4v) is 5.28. The predicted molar refractivity (Wildman–Crippen MR) is 167 cm³/mol. The Hall–Kier alpha value is -4.99. The second kappa shape index (κ2) is 14.7. The molecule has 7 nitrogen and oxygen atoms in total. The van der Waals surface area contributed by atoms with E-state index in [9.17, 15) is 22.8 Å². The van der Waals surface area contributed by atoms with E-state index in [2.05, 4.69) is 10.6 Å². The summed E-state index contributed by atoms with van der Waals surface area (Å²) in [5.41, 5.74) is 0.0915. The number of halogens is 3. The summed E-state index contributed by atoms with van der Waals surface area (Å²) in [6.07, 6.45) is -3.56. The molecule has 0 aromatic heterocycles. The van der Waals surface area contributed by atoms with Gasteiger partial charge in [0.1, 0.15) is 0 Å². The number of amides is 2. The number of carbonyl (C=O) groups is 2. The topological polar surface area (TPSA) is 79.9 Å². The molecule has 4 rings (SSSR count). The molecule has 2 amide bonds. The van der Waals surface area contributed by atoms with Gasteiger partial charge < -0.3 is 25.0 Å². The first-order valence-corrected chi connectivity index (χ1v) is 14.4. The maximum Gasteiger partial charge on any atom is 0.416 e. The van der Waals surface area contributed by atoms with Crippen molar-refractivity contribution in [1.29, 1.82) is 0 Å². The first-order chi connectivity index (χ1) is 21.6. The van der Waals surface area contributed by atoms with Gasteiger partial charge in [0.15, 0.2) is 11.5 Å². The zero-order valence-corrected chi connectivity index (χ0v) is 25.4. The van der Waals surface area contributed by atoms with Gasteiger partial charge in [-0.3, -0.25) is 9.59 Å². The zero-order valence-electron chi connectivity index (χ0n) is 25.4. The van der Waals surface area contributed by atoms with E-state index >= 15 is 0 Å². The van der Waals surface area contributed by atoms with E-state index < -0.39 is 23.3 Å². The Morgan fingerprint density at radius 1 is 0.756 bits per heavy atom. The highest BCUT2D eigenvalue weighted by molar-refractivity contribution is 5.95. The number of alkyl halides is 3. The van der Waals surface area contributed by atoms with Gasteiger partial charge in [-0.05, 0) is 48.2 Å². The highest BCUT2D eigenvalue weighted by Gasteiger charge is 2.47. The van der Waals surface area contributed by atoms with E-state index in [0.29, 0.717) is 41.2 Å². The van der Waals surface area contributed by atoms with Crippen LogP contribution in [0.4, 0.5) is 18.9 Å². The van der Waals surface area contributed by atoms with Gasteiger partial charge in [0.05, 0.1) is 26.2 Å². The minimum absolute atomic E-state index is 0.0255. The molecule has 45 heavy (non-hydrogen) atoms.